The Bertz CT molecular complexity index is 744. The molecule has 0 aliphatic carbocycles. The van der Waals surface area contributed by atoms with E-state index in [0.717, 1.165) is 10.4 Å². The Morgan fingerprint density at radius 3 is 2.71 bits per heavy atom. The molecular weight excluding hydrogens is 286 g/mol. The molecule has 1 aromatic heterocycles. The largest absolute Gasteiger partial charge is 0.495 e. The molecule has 108 valence electrons. The number of methoxy groups -OCH3 is 1. The van der Waals surface area contributed by atoms with Crippen LogP contribution in [-0.2, 0) is 0 Å². The molecular formula is C15H15N3O2S. The number of ether oxygens (including phenoxy) is 1. The minimum Gasteiger partial charge on any atom is -0.495 e. The van der Waals surface area contributed by atoms with Gasteiger partial charge in [0.2, 0.25) is 0 Å². The first-order valence-electron chi connectivity index (χ1n) is 6.23. The first-order valence-corrected chi connectivity index (χ1v) is 7.04. The Hall–Kier alpha value is -2.52. The predicted octanol–water partition coefficient (Wildman–Crippen LogP) is 3.08. The first kappa shape index (κ1) is 14.9. The number of rotatable bonds is 3. The lowest BCUT2D eigenvalue weighted by atomic mass is 10.1. The molecule has 0 saturated heterocycles. The Kier molecular flexibility index (Phi) is 4.15. The standard InChI is InChI=1S/C15H15N3O2S/c1-8-9(2)21-15(11(8)7-16)18-14(19)10-4-5-13(20-3)12(17)6-10/h4-6H,17H2,1-3H3,(H,18,19). The Morgan fingerprint density at radius 2 is 2.14 bits per heavy atom. The van der Waals surface area contributed by atoms with Gasteiger partial charge in [-0.1, -0.05) is 0 Å². The molecule has 21 heavy (non-hydrogen) atoms. The predicted molar refractivity (Wildman–Crippen MR) is 83.9 cm³/mol. The van der Waals surface area contributed by atoms with Crippen molar-refractivity contribution >= 4 is 27.9 Å². The van der Waals surface area contributed by atoms with E-state index in [1.807, 2.05) is 13.8 Å². The third-order valence-electron chi connectivity index (χ3n) is 3.22. The number of amides is 1. The molecule has 0 saturated carbocycles. The quantitative estimate of drug-likeness (QED) is 0.853. The van der Waals surface area contributed by atoms with Crippen LogP contribution in [-0.4, -0.2) is 13.0 Å². The Morgan fingerprint density at radius 1 is 1.43 bits per heavy atom. The van der Waals surface area contributed by atoms with Gasteiger partial charge in [-0.2, -0.15) is 5.26 Å². The van der Waals surface area contributed by atoms with Crippen molar-refractivity contribution in [2.24, 2.45) is 0 Å². The zero-order valence-electron chi connectivity index (χ0n) is 12.0. The van der Waals surface area contributed by atoms with Crippen LogP contribution in [0.1, 0.15) is 26.4 Å². The molecule has 1 heterocycles. The monoisotopic (exact) mass is 301 g/mol. The maximum atomic E-state index is 12.2. The topological polar surface area (TPSA) is 88.1 Å². The second-order valence-corrected chi connectivity index (χ2v) is 5.73. The number of nitriles is 1. The number of benzene rings is 1. The van der Waals surface area contributed by atoms with E-state index in [4.69, 9.17) is 10.5 Å². The first-order chi connectivity index (χ1) is 9.97. The van der Waals surface area contributed by atoms with Gasteiger partial charge >= 0.3 is 0 Å². The molecule has 2 aromatic rings. The average molecular weight is 301 g/mol. The molecule has 2 rings (SSSR count). The molecule has 0 radical (unpaired) electrons. The number of hydrogen-bond acceptors (Lipinski definition) is 5. The molecule has 1 aromatic carbocycles. The highest BCUT2D eigenvalue weighted by Crippen LogP contribution is 2.32. The Labute approximate surface area is 127 Å². The number of nitrogens with zero attached hydrogens (tertiary/aromatic N) is 1. The summed E-state index contributed by atoms with van der Waals surface area (Å²) < 4.78 is 5.06. The number of nitrogens with two attached hydrogens (primary N) is 1. The van der Waals surface area contributed by atoms with Gasteiger partial charge in [0.05, 0.1) is 18.4 Å². The highest BCUT2D eigenvalue weighted by molar-refractivity contribution is 7.16. The van der Waals surface area contributed by atoms with E-state index < -0.39 is 0 Å². The van der Waals surface area contributed by atoms with Gasteiger partial charge in [-0.25, -0.2) is 0 Å². The molecule has 0 spiro atoms. The molecule has 0 atom stereocenters. The highest BCUT2D eigenvalue weighted by Gasteiger charge is 2.16. The zero-order valence-corrected chi connectivity index (χ0v) is 12.8. The lowest BCUT2D eigenvalue weighted by molar-refractivity contribution is 0.102. The van der Waals surface area contributed by atoms with Crippen LogP contribution in [0.2, 0.25) is 0 Å². The third-order valence-corrected chi connectivity index (χ3v) is 4.34. The molecule has 0 unspecified atom stereocenters. The fraction of sp³-hybridized carbons (Fsp3) is 0.200. The molecule has 0 aliphatic rings. The van der Waals surface area contributed by atoms with Gasteiger partial charge in [0.25, 0.3) is 5.91 Å². The molecule has 5 nitrogen and oxygen atoms in total. The van der Waals surface area contributed by atoms with Crippen molar-refractivity contribution in [2.45, 2.75) is 13.8 Å². The summed E-state index contributed by atoms with van der Waals surface area (Å²) in [7, 11) is 1.52. The lowest BCUT2D eigenvalue weighted by Crippen LogP contribution is -2.12. The van der Waals surface area contributed by atoms with Crippen molar-refractivity contribution in [3.8, 4) is 11.8 Å². The third kappa shape index (κ3) is 2.83. The number of thiophene rings is 1. The number of aryl methyl sites for hydroxylation is 1. The summed E-state index contributed by atoms with van der Waals surface area (Å²) in [4.78, 5) is 13.3. The van der Waals surface area contributed by atoms with E-state index >= 15 is 0 Å². The summed E-state index contributed by atoms with van der Waals surface area (Å²) in [6.07, 6.45) is 0. The zero-order chi connectivity index (χ0) is 15.6. The number of anilines is 2. The summed E-state index contributed by atoms with van der Waals surface area (Å²) >= 11 is 1.39. The van der Waals surface area contributed by atoms with Crippen molar-refractivity contribution in [1.82, 2.24) is 0 Å². The number of nitrogen functional groups attached to an aromatic ring is 1. The van der Waals surface area contributed by atoms with E-state index in [1.54, 1.807) is 18.2 Å². The van der Waals surface area contributed by atoms with E-state index in [1.165, 1.54) is 18.4 Å². The number of carbonyl (C=O) groups is 1. The second-order valence-electron chi connectivity index (χ2n) is 4.51. The fourth-order valence-electron chi connectivity index (χ4n) is 1.90. The molecule has 1 amide bonds. The maximum absolute atomic E-state index is 12.2. The van der Waals surface area contributed by atoms with Gasteiger partial charge < -0.3 is 15.8 Å². The molecule has 3 N–H and O–H groups in total. The maximum Gasteiger partial charge on any atom is 0.256 e. The van der Waals surface area contributed by atoms with Gasteiger partial charge in [-0.05, 0) is 37.6 Å². The van der Waals surface area contributed by atoms with E-state index in [9.17, 15) is 10.1 Å². The van der Waals surface area contributed by atoms with Gasteiger partial charge in [0.1, 0.15) is 16.8 Å². The van der Waals surface area contributed by atoms with Crippen LogP contribution in [0.4, 0.5) is 10.7 Å². The smallest absolute Gasteiger partial charge is 0.256 e. The minimum absolute atomic E-state index is 0.304. The van der Waals surface area contributed by atoms with E-state index in [-0.39, 0.29) is 5.91 Å². The van der Waals surface area contributed by atoms with Gasteiger partial charge in [0, 0.05) is 10.4 Å². The van der Waals surface area contributed by atoms with Crippen LogP contribution in [0.5, 0.6) is 5.75 Å². The highest BCUT2D eigenvalue weighted by atomic mass is 32.1. The van der Waals surface area contributed by atoms with Crippen LogP contribution in [0.3, 0.4) is 0 Å². The Balaban J connectivity index is 2.29. The van der Waals surface area contributed by atoms with Crippen molar-refractivity contribution < 1.29 is 9.53 Å². The minimum atomic E-state index is -0.304. The van der Waals surface area contributed by atoms with Gasteiger partial charge in [-0.3, -0.25) is 4.79 Å². The van der Waals surface area contributed by atoms with Crippen LogP contribution in [0, 0.1) is 25.2 Å². The van der Waals surface area contributed by atoms with Crippen LogP contribution in [0.15, 0.2) is 18.2 Å². The van der Waals surface area contributed by atoms with Gasteiger partial charge in [-0.15, -0.1) is 11.3 Å². The SMILES string of the molecule is COc1ccc(C(=O)Nc2sc(C)c(C)c2C#N)cc1N. The van der Waals surface area contributed by atoms with E-state index in [2.05, 4.69) is 11.4 Å². The van der Waals surface area contributed by atoms with Crippen molar-refractivity contribution in [2.75, 3.05) is 18.2 Å². The molecule has 6 heteroatoms. The number of nitrogens with one attached hydrogen (secondary N) is 1. The summed E-state index contributed by atoms with van der Waals surface area (Å²) in [5.41, 5.74) is 8.01. The summed E-state index contributed by atoms with van der Waals surface area (Å²) in [5.74, 6) is 0.217. The van der Waals surface area contributed by atoms with E-state index in [0.29, 0.717) is 27.6 Å². The van der Waals surface area contributed by atoms with Crippen LogP contribution in [0.25, 0.3) is 0 Å². The molecule has 0 fully saturated rings. The average Bonchev–Trinajstić information content (AvgIpc) is 2.73. The molecule has 0 bridgehead atoms. The number of carbonyl (C=O) groups excluding carboxylic acids is 1. The van der Waals surface area contributed by atoms with Crippen molar-refractivity contribution in [3.05, 3.63) is 39.8 Å². The van der Waals surface area contributed by atoms with Gasteiger partial charge in [0.15, 0.2) is 0 Å². The second kappa shape index (κ2) is 5.85. The summed E-state index contributed by atoms with van der Waals surface area (Å²) in [6, 6.07) is 6.94. The number of hydrogen-bond donors (Lipinski definition) is 2. The lowest BCUT2D eigenvalue weighted by Gasteiger charge is -2.07. The van der Waals surface area contributed by atoms with Crippen molar-refractivity contribution in [3.63, 3.8) is 0 Å². The summed E-state index contributed by atoms with van der Waals surface area (Å²) in [6.45, 7) is 3.78. The summed E-state index contributed by atoms with van der Waals surface area (Å²) in [5, 5.41) is 12.5. The normalized spacial score (nSPS) is 10.0. The van der Waals surface area contributed by atoms with Crippen LogP contribution >= 0.6 is 11.3 Å². The molecule has 0 aliphatic heterocycles. The van der Waals surface area contributed by atoms with Crippen molar-refractivity contribution in [1.29, 1.82) is 5.26 Å². The van der Waals surface area contributed by atoms with Crippen LogP contribution < -0.4 is 15.8 Å². The fourth-order valence-corrected chi connectivity index (χ4v) is 2.91.